The number of anilines is 4. The highest BCUT2D eigenvalue weighted by Crippen LogP contribution is 2.37. The second kappa shape index (κ2) is 6.13. The Labute approximate surface area is 156 Å². The van der Waals surface area contributed by atoms with Crippen molar-refractivity contribution in [3.8, 4) is 5.75 Å². The summed E-state index contributed by atoms with van der Waals surface area (Å²) in [6.07, 6.45) is 1.21. The number of carbonyl (C=O) groups is 1. The van der Waals surface area contributed by atoms with Crippen molar-refractivity contribution in [2.24, 2.45) is 0 Å². The van der Waals surface area contributed by atoms with Crippen LogP contribution in [0.2, 0.25) is 0 Å². The van der Waals surface area contributed by atoms with Crippen LogP contribution in [0.3, 0.4) is 0 Å². The summed E-state index contributed by atoms with van der Waals surface area (Å²) in [5, 5.41) is 3.21. The summed E-state index contributed by atoms with van der Waals surface area (Å²) in [4.78, 5) is 15.4. The lowest BCUT2D eigenvalue weighted by molar-refractivity contribution is -0.120. The molecule has 2 fully saturated rings. The molecule has 2 unspecified atom stereocenters. The zero-order valence-corrected chi connectivity index (χ0v) is 14.9. The molecule has 3 aliphatic rings. The highest BCUT2D eigenvalue weighted by atomic mass is 19.1. The SMILES string of the molecule is CN1C(=O)COc2cc(Nc3ccc(N4CC5CC4CO5)c(F)c3)ccc21. The van der Waals surface area contributed by atoms with Crippen LogP contribution in [0.5, 0.6) is 5.75 Å². The number of fused-ring (bicyclic) bond motifs is 3. The van der Waals surface area contributed by atoms with Crippen LogP contribution in [-0.2, 0) is 9.53 Å². The van der Waals surface area contributed by atoms with Gasteiger partial charge >= 0.3 is 0 Å². The van der Waals surface area contributed by atoms with E-state index in [-0.39, 0.29) is 30.5 Å². The number of amides is 1. The van der Waals surface area contributed by atoms with E-state index in [9.17, 15) is 9.18 Å². The molecule has 27 heavy (non-hydrogen) atoms. The number of carbonyl (C=O) groups excluding carboxylic acids is 1. The number of likely N-dealkylation sites (N-methyl/N-ethyl adjacent to an activating group) is 1. The summed E-state index contributed by atoms with van der Waals surface area (Å²) in [7, 11) is 1.72. The van der Waals surface area contributed by atoms with Gasteiger partial charge in [-0.1, -0.05) is 0 Å². The largest absolute Gasteiger partial charge is 0.481 e. The third kappa shape index (κ3) is 2.78. The fraction of sp³-hybridized carbons (Fsp3) is 0.350. The number of rotatable bonds is 3. The van der Waals surface area contributed by atoms with E-state index in [0.29, 0.717) is 23.7 Å². The fourth-order valence-electron chi connectivity index (χ4n) is 4.03. The summed E-state index contributed by atoms with van der Waals surface area (Å²) in [6.45, 7) is 1.46. The van der Waals surface area contributed by atoms with Crippen molar-refractivity contribution in [2.75, 3.05) is 41.9 Å². The van der Waals surface area contributed by atoms with Gasteiger partial charge in [0.1, 0.15) is 11.6 Å². The Bertz CT molecular complexity index is 919. The molecule has 0 aliphatic carbocycles. The van der Waals surface area contributed by atoms with Crippen molar-refractivity contribution < 1.29 is 18.7 Å². The molecule has 5 rings (SSSR count). The summed E-state index contributed by atoms with van der Waals surface area (Å²) >= 11 is 0. The number of hydrogen-bond acceptors (Lipinski definition) is 5. The molecular weight excluding hydrogens is 349 g/mol. The van der Waals surface area contributed by atoms with Gasteiger partial charge in [-0.05, 0) is 36.8 Å². The number of ether oxygens (including phenoxy) is 2. The third-order valence-corrected chi connectivity index (χ3v) is 5.49. The van der Waals surface area contributed by atoms with E-state index >= 15 is 0 Å². The van der Waals surface area contributed by atoms with Crippen molar-refractivity contribution in [3.63, 3.8) is 0 Å². The molecule has 3 aliphatic heterocycles. The van der Waals surface area contributed by atoms with Gasteiger partial charge < -0.3 is 24.6 Å². The number of halogens is 1. The molecule has 6 nitrogen and oxygen atoms in total. The molecule has 0 radical (unpaired) electrons. The molecule has 3 heterocycles. The first kappa shape index (κ1) is 16.4. The van der Waals surface area contributed by atoms with E-state index < -0.39 is 0 Å². The van der Waals surface area contributed by atoms with Gasteiger partial charge in [0, 0.05) is 31.0 Å². The maximum Gasteiger partial charge on any atom is 0.264 e. The van der Waals surface area contributed by atoms with Gasteiger partial charge in [-0.2, -0.15) is 0 Å². The normalized spacial score (nSPS) is 23.4. The van der Waals surface area contributed by atoms with E-state index in [2.05, 4.69) is 10.2 Å². The van der Waals surface area contributed by atoms with Gasteiger partial charge in [0.05, 0.1) is 30.1 Å². The van der Waals surface area contributed by atoms with Crippen molar-refractivity contribution in [2.45, 2.75) is 18.6 Å². The highest BCUT2D eigenvalue weighted by molar-refractivity contribution is 5.97. The Kier molecular flexibility index (Phi) is 3.72. The topological polar surface area (TPSA) is 54.0 Å². The summed E-state index contributed by atoms with van der Waals surface area (Å²) in [5.74, 6) is 0.307. The first-order valence-corrected chi connectivity index (χ1v) is 9.07. The standard InChI is InChI=1S/C20H20FN3O3/c1-23-18-5-3-13(7-19(18)27-11-20(23)25)22-12-2-4-17(16(21)6-12)24-9-15-8-14(24)10-26-15/h2-7,14-15,22H,8-11H2,1H3. The van der Waals surface area contributed by atoms with Crippen LogP contribution < -0.4 is 19.9 Å². The van der Waals surface area contributed by atoms with E-state index in [1.807, 2.05) is 30.3 Å². The minimum atomic E-state index is -0.243. The van der Waals surface area contributed by atoms with Gasteiger partial charge in [-0.25, -0.2) is 4.39 Å². The molecule has 2 atom stereocenters. The monoisotopic (exact) mass is 369 g/mol. The van der Waals surface area contributed by atoms with Crippen LogP contribution in [-0.4, -0.2) is 44.9 Å². The van der Waals surface area contributed by atoms with E-state index in [1.54, 1.807) is 11.9 Å². The Balaban J connectivity index is 1.36. The molecule has 2 saturated heterocycles. The van der Waals surface area contributed by atoms with Crippen molar-refractivity contribution in [1.82, 2.24) is 0 Å². The summed E-state index contributed by atoms with van der Waals surface area (Å²) in [6, 6.07) is 11.0. The lowest BCUT2D eigenvalue weighted by Crippen LogP contribution is -2.37. The summed E-state index contributed by atoms with van der Waals surface area (Å²) in [5.41, 5.74) is 2.80. The Morgan fingerprint density at radius 3 is 2.63 bits per heavy atom. The summed E-state index contributed by atoms with van der Waals surface area (Å²) < 4.78 is 25.8. The smallest absolute Gasteiger partial charge is 0.264 e. The van der Waals surface area contributed by atoms with Gasteiger partial charge in [0.2, 0.25) is 0 Å². The first-order chi connectivity index (χ1) is 13.1. The van der Waals surface area contributed by atoms with Crippen LogP contribution in [0.15, 0.2) is 36.4 Å². The van der Waals surface area contributed by atoms with Crippen molar-refractivity contribution in [3.05, 3.63) is 42.2 Å². The van der Waals surface area contributed by atoms with Crippen LogP contribution in [0.4, 0.5) is 27.1 Å². The Hall–Kier alpha value is -2.80. The van der Waals surface area contributed by atoms with Gasteiger partial charge in [0.25, 0.3) is 5.91 Å². The van der Waals surface area contributed by atoms with Crippen molar-refractivity contribution >= 4 is 28.7 Å². The van der Waals surface area contributed by atoms with Gasteiger partial charge in [-0.3, -0.25) is 4.79 Å². The molecule has 1 amide bonds. The second-order valence-corrected chi connectivity index (χ2v) is 7.21. The minimum Gasteiger partial charge on any atom is -0.481 e. The number of hydrogen-bond donors (Lipinski definition) is 1. The number of benzene rings is 2. The van der Waals surface area contributed by atoms with E-state index in [4.69, 9.17) is 9.47 Å². The number of morpholine rings is 1. The lowest BCUT2D eigenvalue weighted by atomic mass is 10.2. The molecular formula is C20H20FN3O3. The van der Waals surface area contributed by atoms with Crippen LogP contribution in [0.1, 0.15) is 6.42 Å². The third-order valence-electron chi connectivity index (χ3n) is 5.49. The molecule has 1 N–H and O–H groups in total. The molecule has 2 aromatic carbocycles. The molecule has 0 spiro atoms. The molecule has 0 saturated carbocycles. The highest BCUT2D eigenvalue weighted by Gasteiger charge is 2.39. The first-order valence-electron chi connectivity index (χ1n) is 9.07. The van der Waals surface area contributed by atoms with Crippen molar-refractivity contribution in [1.29, 1.82) is 0 Å². The van der Waals surface area contributed by atoms with Gasteiger partial charge in [0.15, 0.2) is 6.61 Å². The van der Waals surface area contributed by atoms with Crippen LogP contribution in [0, 0.1) is 5.82 Å². The molecule has 140 valence electrons. The van der Waals surface area contributed by atoms with Crippen LogP contribution >= 0.6 is 0 Å². The number of nitrogens with zero attached hydrogens (tertiary/aromatic N) is 2. The fourth-order valence-corrected chi connectivity index (χ4v) is 4.03. The average molecular weight is 369 g/mol. The molecule has 2 aromatic rings. The molecule has 7 heteroatoms. The average Bonchev–Trinajstić information content (AvgIpc) is 3.28. The van der Waals surface area contributed by atoms with Gasteiger partial charge in [-0.15, -0.1) is 0 Å². The predicted molar refractivity (Wildman–Crippen MR) is 101 cm³/mol. The Morgan fingerprint density at radius 1 is 1.15 bits per heavy atom. The maximum absolute atomic E-state index is 14.7. The predicted octanol–water partition coefficient (Wildman–Crippen LogP) is 2.90. The lowest BCUT2D eigenvalue weighted by Gasteiger charge is -2.29. The zero-order valence-electron chi connectivity index (χ0n) is 14.9. The van der Waals surface area contributed by atoms with E-state index in [0.717, 1.165) is 24.3 Å². The zero-order chi connectivity index (χ0) is 18.5. The quantitative estimate of drug-likeness (QED) is 0.902. The molecule has 0 aromatic heterocycles. The molecule has 2 bridgehead atoms. The Morgan fingerprint density at radius 2 is 1.93 bits per heavy atom. The maximum atomic E-state index is 14.7. The second-order valence-electron chi connectivity index (χ2n) is 7.21. The minimum absolute atomic E-state index is 0.0258. The number of nitrogens with one attached hydrogen (secondary N) is 1. The van der Waals surface area contributed by atoms with E-state index in [1.165, 1.54) is 6.07 Å². The van der Waals surface area contributed by atoms with Crippen LogP contribution in [0.25, 0.3) is 0 Å².